The zero-order valence-corrected chi connectivity index (χ0v) is 17.3. The molecule has 0 unspecified atom stereocenters. The molecule has 6 nitrogen and oxygen atoms in total. The minimum Gasteiger partial charge on any atom is -0.435 e. The molecule has 30 heavy (non-hydrogen) atoms. The molecule has 0 bridgehead atoms. The van der Waals surface area contributed by atoms with Crippen LogP contribution in [0.4, 0.5) is 20.2 Å². The quantitative estimate of drug-likeness (QED) is 0.483. The Kier molecular flexibility index (Phi) is 9.34. The van der Waals surface area contributed by atoms with Gasteiger partial charge in [0.1, 0.15) is 5.75 Å². The van der Waals surface area contributed by atoms with Gasteiger partial charge in [0.05, 0.1) is 17.3 Å². The molecule has 0 aliphatic carbocycles. The minimum absolute atomic E-state index is 0.00719. The number of benzene rings is 2. The Morgan fingerprint density at radius 2 is 1.83 bits per heavy atom. The molecule has 0 aromatic heterocycles. The Hall–Kier alpha value is -2.87. The van der Waals surface area contributed by atoms with Crippen LogP contribution in [-0.4, -0.2) is 31.5 Å². The molecular formula is C21H24ClF2N3O3. The highest BCUT2D eigenvalue weighted by molar-refractivity contribution is 6.33. The lowest BCUT2D eigenvalue weighted by Gasteiger charge is -2.12. The number of hydrogen-bond acceptors (Lipinski definition) is 4. The third-order valence-corrected chi connectivity index (χ3v) is 4.38. The van der Waals surface area contributed by atoms with Crippen LogP contribution in [-0.2, 0) is 16.0 Å². The summed E-state index contributed by atoms with van der Waals surface area (Å²) in [4.78, 5) is 23.8. The van der Waals surface area contributed by atoms with E-state index in [1.165, 1.54) is 12.1 Å². The van der Waals surface area contributed by atoms with E-state index in [1.807, 2.05) is 6.92 Å². The van der Waals surface area contributed by atoms with E-state index in [9.17, 15) is 18.4 Å². The van der Waals surface area contributed by atoms with E-state index in [0.29, 0.717) is 35.8 Å². The van der Waals surface area contributed by atoms with Crippen molar-refractivity contribution in [2.24, 2.45) is 0 Å². The van der Waals surface area contributed by atoms with Gasteiger partial charge in [0.25, 0.3) is 0 Å². The van der Waals surface area contributed by atoms with Crippen molar-refractivity contribution in [3.8, 4) is 5.75 Å². The van der Waals surface area contributed by atoms with Gasteiger partial charge in [-0.2, -0.15) is 8.78 Å². The monoisotopic (exact) mass is 439 g/mol. The third kappa shape index (κ3) is 8.24. The second kappa shape index (κ2) is 12.0. The van der Waals surface area contributed by atoms with Gasteiger partial charge in [-0.05, 0) is 48.7 Å². The number of carbonyl (C=O) groups excluding carboxylic acids is 2. The van der Waals surface area contributed by atoms with Crippen molar-refractivity contribution in [3.63, 3.8) is 0 Å². The van der Waals surface area contributed by atoms with Crippen LogP contribution in [0, 0.1) is 0 Å². The van der Waals surface area contributed by atoms with E-state index in [1.54, 1.807) is 30.3 Å². The van der Waals surface area contributed by atoms with Gasteiger partial charge in [0.2, 0.25) is 11.8 Å². The van der Waals surface area contributed by atoms with Crippen LogP contribution >= 0.6 is 11.6 Å². The Balaban J connectivity index is 1.77. The summed E-state index contributed by atoms with van der Waals surface area (Å²) in [6, 6.07) is 11.3. The van der Waals surface area contributed by atoms with Gasteiger partial charge in [-0.1, -0.05) is 30.7 Å². The largest absolute Gasteiger partial charge is 0.435 e. The molecular weight excluding hydrogens is 416 g/mol. The smallest absolute Gasteiger partial charge is 0.387 e. The number of nitrogens with one attached hydrogen (secondary N) is 3. The van der Waals surface area contributed by atoms with Gasteiger partial charge in [-0.25, -0.2) is 0 Å². The fraction of sp³-hybridized carbons (Fsp3) is 0.333. The van der Waals surface area contributed by atoms with E-state index >= 15 is 0 Å². The number of anilines is 2. The van der Waals surface area contributed by atoms with E-state index in [2.05, 4.69) is 20.7 Å². The average Bonchev–Trinajstić information content (AvgIpc) is 2.69. The predicted molar refractivity (Wildman–Crippen MR) is 113 cm³/mol. The molecule has 0 radical (unpaired) electrons. The first-order valence-electron chi connectivity index (χ1n) is 9.51. The van der Waals surface area contributed by atoms with Gasteiger partial charge in [-0.3, -0.25) is 9.59 Å². The average molecular weight is 440 g/mol. The molecule has 0 saturated carbocycles. The SMILES string of the molecule is CCCC(=O)Nc1ccc(Cl)c(NCC(=O)NCCc2ccc(OC(F)F)cc2)c1. The lowest BCUT2D eigenvalue weighted by Crippen LogP contribution is -2.31. The first-order valence-corrected chi connectivity index (χ1v) is 9.89. The van der Waals surface area contributed by atoms with Crippen molar-refractivity contribution in [2.45, 2.75) is 32.8 Å². The van der Waals surface area contributed by atoms with Crippen molar-refractivity contribution in [1.29, 1.82) is 0 Å². The molecule has 162 valence electrons. The summed E-state index contributed by atoms with van der Waals surface area (Å²) in [5, 5.41) is 8.92. The van der Waals surface area contributed by atoms with E-state index in [4.69, 9.17) is 11.6 Å². The molecule has 0 aliphatic heterocycles. The second-order valence-electron chi connectivity index (χ2n) is 6.47. The maximum atomic E-state index is 12.1. The van der Waals surface area contributed by atoms with Gasteiger partial charge < -0.3 is 20.7 Å². The van der Waals surface area contributed by atoms with Gasteiger partial charge >= 0.3 is 6.61 Å². The standard InChI is InChI=1S/C21H24ClF2N3O3/c1-2-3-19(28)27-15-6-9-17(22)18(12-15)26-13-20(29)25-11-10-14-4-7-16(8-5-14)30-21(23)24/h4-9,12,21,26H,2-3,10-11,13H2,1H3,(H,25,29)(H,27,28). The van der Waals surface area contributed by atoms with Crippen LogP contribution < -0.4 is 20.7 Å². The van der Waals surface area contributed by atoms with Gasteiger partial charge in [0.15, 0.2) is 0 Å². The van der Waals surface area contributed by atoms with E-state index in [0.717, 1.165) is 12.0 Å². The van der Waals surface area contributed by atoms with Crippen molar-refractivity contribution >= 4 is 34.8 Å². The van der Waals surface area contributed by atoms with Crippen LogP contribution in [0.1, 0.15) is 25.3 Å². The molecule has 0 fully saturated rings. The van der Waals surface area contributed by atoms with Crippen LogP contribution in [0.25, 0.3) is 0 Å². The molecule has 0 aliphatic rings. The molecule has 0 heterocycles. The summed E-state index contributed by atoms with van der Waals surface area (Å²) in [6.45, 7) is -0.544. The van der Waals surface area contributed by atoms with Crippen molar-refractivity contribution in [2.75, 3.05) is 23.7 Å². The number of amides is 2. The molecule has 2 aromatic carbocycles. The van der Waals surface area contributed by atoms with Gasteiger partial charge in [-0.15, -0.1) is 0 Å². The first-order chi connectivity index (χ1) is 14.4. The van der Waals surface area contributed by atoms with Crippen molar-refractivity contribution in [1.82, 2.24) is 5.32 Å². The third-order valence-electron chi connectivity index (χ3n) is 4.05. The zero-order valence-electron chi connectivity index (χ0n) is 16.5. The lowest BCUT2D eigenvalue weighted by atomic mass is 10.1. The summed E-state index contributed by atoms with van der Waals surface area (Å²) in [5.74, 6) is -0.228. The summed E-state index contributed by atoms with van der Waals surface area (Å²) in [6.07, 6.45) is 1.72. The van der Waals surface area contributed by atoms with Gasteiger partial charge in [0, 0.05) is 18.7 Å². The molecule has 2 amide bonds. The number of rotatable bonds is 11. The van der Waals surface area contributed by atoms with E-state index in [-0.39, 0.29) is 24.1 Å². The van der Waals surface area contributed by atoms with Crippen molar-refractivity contribution in [3.05, 3.63) is 53.1 Å². The number of hydrogen-bond donors (Lipinski definition) is 3. The molecule has 2 aromatic rings. The molecule has 3 N–H and O–H groups in total. The summed E-state index contributed by atoms with van der Waals surface area (Å²) < 4.78 is 28.6. The maximum Gasteiger partial charge on any atom is 0.387 e. The normalized spacial score (nSPS) is 10.6. The number of halogens is 3. The molecule has 0 saturated heterocycles. The van der Waals surface area contributed by atoms with Crippen LogP contribution in [0.5, 0.6) is 5.75 Å². The van der Waals surface area contributed by atoms with Crippen LogP contribution in [0.3, 0.4) is 0 Å². The van der Waals surface area contributed by atoms with Crippen LogP contribution in [0.15, 0.2) is 42.5 Å². The fourth-order valence-electron chi connectivity index (χ4n) is 2.61. The second-order valence-corrected chi connectivity index (χ2v) is 6.88. The summed E-state index contributed by atoms with van der Waals surface area (Å²) in [7, 11) is 0. The number of carbonyl (C=O) groups is 2. The highest BCUT2D eigenvalue weighted by Crippen LogP contribution is 2.25. The zero-order chi connectivity index (χ0) is 21.9. The topological polar surface area (TPSA) is 79.5 Å². The Bertz CT molecular complexity index is 848. The molecule has 0 atom stereocenters. The molecule has 2 rings (SSSR count). The highest BCUT2D eigenvalue weighted by atomic mass is 35.5. The van der Waals surface area contributed by atoms with Crippen molar-refractivity contribution < 1.29 is 23.1 Å². The fourth-order valence-corrected chi connectivity index (χ4v) is 2.80. The minimum atomic E-state index is -2.86. The summed E-state index contributed by atoms with van der Waals surface area (Å²) >= 11 is 6.14. The Labute approximate surface area is 178 Å². The molecule has 9 heteroatoms. The van der Waals surface area contributed by atoms with E-state index < -0.39 is 6.61 Å². The highest BCUT2D eigenvalue weighted by Gasteiger charge is 2.08. The van der Waals surface area contributed by atoms with Crippen LogP contribution in [0.2, 0.25) is 5.02 Å². The first kappa shape index (κ1) is 23.4. The predicted octanol–water partition coefficient (Wildman–Crippen LogP) is 4.45. The summed E-state index contributed by atoms with van der Waals surface area (Å²) in [5.41, 5.74) is 2.01. The maximum absolute atomic E-state index is 12.1. The Morgan fingerprint density at radius 1 is 1.10 bits per heavy atom. The Morgan fingerprint density at radius 3 is 2.50 bits per heavy atom. The number of ether oxygens (including phenoxy) is 1. The molecule has 0 spiro atoms. The lowest BCUT2D eigenvalue weighted by molar-refractivity contribution is -0.119. The number of alkyl halides is 2.